The van der Waals surface area contributed by atoms with Crippen LogP contribution in [0.25, 0.3) is 0 Å². The number of rotatable bonds is 0. The second-order valence-corrected chi connectivity index (χ2v) is 3.64. The second-order valence-electron chi connectivity index (χ2n) is 3.64. The summed E-state index contributed by atoms with van der Waals surface area (Å²) in [4.78, 5) is 3.97. The van der Waals surface area contributed by atoms with E-state index >= 15 is 0 Å². The molecule has 80 valence electrons. The largest absolute Gasteiger partial charge is 0.262 e. The average molecular weight is 218 g/mol. The molecule has 0 bridgehead atoms. The van der Waals surface area contributed by atoms with Crippen LogP contribution in [0.3, 0.4) is 0 Å². The molecule has 17 heavy (non-hydrogen) atoms. The predicted molar refractivity (Wildman–Crippen MR) is 66.1 cm³/mol. The van der Waals surface area contributed by atoms with Gasteiger partial charge in [0.05, 0.1) is 5.56 Å². The van der Waals surface area contributed by atoms with Gasteiger partial charge in [0.1, 0.15) is 6.07 Å². The SMILES string of the molecule is Cc1ccccc1C#Cc1cncc(C#N)c1. The molecule has 2 nitrogen and oxygen atoms in total. The van der Waals surface area contributed by atoms with Crippen molar-refractivity contribution in [3.8, 4) is 17.9 Å². The van der Waals surface area contributed by atoms with Crippen molar-refractivity contribution < 1.29 is 0 Å². The van der Waals surface area contributed by atoms with E-state index in [1.807, 2.05) is 37.3 Å². The van der Waals surface area contributed by atoms with Crippen molar-refractivity contribution in [3.05, 3.63) is 65.0 Å². The maximum Gasteiger partial charge on any atom is 0.101 e. The van der Waals surface area contributed by atoms with Crippen molar-refractivity contribution in [1.82, 2.24) is 4.98 Å². The summed E-state index contributed by atoms with van der Waals surface area (Å²) >= 11 is 0. The monoisotopic (exact) mass is 218 g/mol. The summed E-state index contributed by atoms with van der Waals surface area (Å²) in [6.07, 6.45) is 3.19. The van der Waals surface area contributed by atoms with Crippen LogP contribution < -0.4 is 0 Å². The number of benzene rings is 1. The van der Waals surface area contributed by atoms with Crippen LogP contribution in [0.1, 0.15) is 22.3 Å². The number of aryl methyl sites for hydroxylation is 1. The molecule has 0 aliphatic rings. The molecule has 1 aromatic carbocycles. The maximum atomic E-state index is 8.75. The smallest absolute Gasteiger partial charge is 0.101 e. The Hall–Kier alpha value is -2.58. The first-order chi connectivity index (χ1) is 8.29. The van der Waals surface area contributed by atoms with Gasteiger partial charge < -0.3 is 0 Å². The second kappa shape index (κ2) is 4.96. The van der Waals surface area contributed by atoms with Crippen molar-refractivity contribution >= 4 is 0 Å². The van der Waals surface area contributed by atoms with E-state index in [1.54, 1.807) is 12.3 Å². The van der Waals surface area contributed by atoms with Gasteiger partial charge in [-0.05, 0) is 24.6 Å². The summed E-state index contributed by atoms with van der Waals surface area (Å²) in [6.45, 7) is 2.02. The molecule has 0 radical (unpaired) electrons. The molecule has 0 unspecified atom stereocenters. The minimum atomic E-state index is 0.529. The molecule has 2 heteroatoms. The average Bonchev–Trinajstić information content (AvgIpc) is 2.38. The zero-order chi connectivity index (χ0) is 12.1. The van der Waals surface area contributed by atoms with Gasteiger partial charge in [-0.3, -0.25) is 4.98 Å². The molecule has 0 fully saturated rings. The van der Waals surface area contributed by atoms with Gasteiger partial charge in [-0.15, -0.1) is 0 Å². The first-order valence-electron chi connectivity index (χ1n) is 5.22. The summed E-state index contributed by atoms with van der Waals surface area (Å²) in [5.74, 6) is 6.09. The topological polar surface area (TPSA) is 36.7 Å². The summed E-state index contributed by atoms with van der Waals surface area (Å²) in [5, 5.41) is 8.75. The molecular weight excluding hydrogens is 208 g/mol. The molecule has 2 aromatic rings. The Kier molecular flexibility index (Phi) is 3.19. The molecule has 0 amide bonds. The van der Waals surface area contributed by atoms with Crippen molar-refractivity contribution in [2.24, 2.45) is 0 Å². The van der Waals surface area contributed by atoms with Gasteiger partial charge >= 0.3 is 0 Å². The van der Waals surface area contributed by atoms with Gasteiger partial charge in [0.15, 0.2) is 0 Å². The van der Waals surface area contributed by atoms with Gasteiger partial charge in [-0.2, -0.15) is 5.26 Å². The fourth-order valence-electron chi connectivity index (χ4n) is 1.42. The van der Waals surface area contributed by atoms with Crippen molar-refractivity contribution in [2.75, 3.05) is 0 Å². The summed E-state index contributed by atoms with van der Waals surface area (Å²) in [5.41, 5.74) is 3.42. The third kappa shape index (κ3) is 2.71. The van der Waals surface area contributed by atoms with E-state index in [1.165, 1.54) is 6.20 Å². The molecule has 0 saturated carbocycles. The van der Waals surface area contributed by atoms with Gasteiger partial charge in [0, 0.05) is 23.5 Å². The van der Waals surface area contributed by atoms with E-state index in [4.69, 9.17) is 5.26 Å². The highest BCUT2D eigenvalue weighted by Gasteiger charge is 1.93. The van der Waals surface area contributed by atoms with E-state index in [-0.39, 0.29) is 0 Å². The lowest BCUT2D eigenvalue weighted by Gasteiger charge is -1.95. The molecule has 0 saturated heterocycles. The number of nitrogens with zero attached hydrogens (tertiary/aromatic N) is 2. The zero-order valence-corrected chi connectivity index (χ0v) is 9.44. The standard InChI is InChI=1S/C15H10N2/c1-12-4-2-3-5-15(12)7-6-13-8-14(9-16)11-17-10-13/h2-5,8,10-11H,1H3. The van der Waals surface area contributed by atoms with E-state index in [0.29, 0.717) is 5.56 Å². The zero-order valence-electron chi connectivity index (χ0n) is 9.44. The van der Waals surface area contributed by atoms with E-state index in [0.717, 1.165) is 16.7 Å². The van der Waals surface area contributed by atoms with E-state index in [9.17, 15) is 0 Å². The lowest BCUT2D eigenvalue weighted by atomic mass is 10.1. The number of pyridine rings is 1. The normalized spacial score (nSPS) is 8.94. The maximum absolute atomic E-state index is 8.75. The fraction of sp³-hybridized carbons (Fsp3) is 0.0667. The third-order valence-corrected chi connectivity index (χ3v) is 2.35. The molecule has 0 spiro atoms. The van der Waals surface area contributed by atoms with Gasteiger partial charge in [-0.1, -0.05) is 30.0 Å². The summed E-state index contributed by atoms with van der Waals surface area (Å²) in [6, 6.07) is 11.7. The lowest BCUT2D eigenvalue weighted by molar-refractivity contribution is 1.29. The number of nitriles is 1. The predicted octanol–water partition coefficient (Wildman–Crippen LogP) is 2.66. The Morgan fingerprint density at radius 1 is 1.06 bits per heavy atom. The molecule has 0 aliphatic heterocycles. The highest BCUT2D eigenvalue weighted by molar-refractivity contribution is 5.46. The molecule has 0 aliphatic carbocycles. The Bertz CT molecular complexity index is 640. The Morgan fingerprint density at radius 2 is 1.82 bits per heavy atom. The van der Waals surface area contributed by atoms with Gasteiger partial charge in [0.2, 0.25) is 0 Å². The molecule has 1 aromatic heterocycles. The molecule has 0 N–H and O–H groups in total. The molecule has 1 heterocycles. The van der Waals surface area contributed by atoms with Crippen LogP contribution in [-0.4, -0.2) is 4.98 Å². The van der Waals surface area contributed by atoms with Crippen molar-refractivity contribution in [2.45, 2.75) is 6.92 Å². The number of aromatic nitrogens is 1. The van der Waals surface area contributed by atoms with Crippen LogP contribution in [0.5, 0.6) is 0 Å². The quantitative estimate of drug-likeness (QED) is 0.637. The first-order valence-corrected chi connectivity index (χ1v) is 5.22. The Balaban J connectivity index is 2.34. The van der Waals surface area contributed by atoms with Crippen LogP contribution in [0.4, 0.5) is 0 Å². The highest BCUT2D eigenvalue weighted by Crippen LogP contribution is 2.05. The van der Waals surface area contributed by atoms with Crippen LogP contribution in [-0.2, 0) is 0 Å². The van der Waals surface area contributed by atoms with Crippen LogP contribution in [0.2, 0.25) is 0 Å². The molecule has 2 rings (SSSR count). The van der Waals surface area contributed by atoms with Crippen LogP contribution in [0, 0.1) is 30.1 Å². The minimum absolute atomic E-state index is 0.529. The summed E-state index contributed by atoms with van der Waals surface area (Å²) in [7, 11) is 0. The number of hydrogen-bond acceptors (Lipinski definition) is 2. The van der Waals surface area contributed by atoms with E-state index < -0.39 is 0 Å². The van der Waals surface area contributed by atoms with Crippen LogP contribution >= 0.6 is 0 Å². The van der Waals surface area contributed by atoms with Crippen LogP contribution in [0.15, 0.2) is 42.7 Å². The van der Waals surface area contributed by atoms with Gasteiger partial charge in [-0.25, -0.2) is 0 Å². The summed E-state index contributed by atoms with van der Waals surface area (Å²) < 4.78 is 0. The lowest BCUT2D eigenvalue weighted by Crippen LogP contribution is -1.83. The number of hydrogen-bond donors (Lipinski definition) is 0. The highest BCUT2D eigenvalue weighted by atomic mass is 14.6. The van der Waals surface area contributed by atoms with Crippen molar-refractivity contribution in [1.29, 1.82) is 5.26 Å². The molecular formula is C15H10N2. The minimum Gasteiger partial charge on any atom is -0.262 e. The first kappa shape index (κ1) is 10.9. The van der Waals surface area contributed by atoms with E-state index in [2.05, 4.69) is 16.8 Å². The van der Waals surface area contributed by atoms with Crippen molar-refractivity contribution in [3.63, 3.8) is 0 Å². The third-order valence-electron chi connectivity index (χ3n) is 2.35. The Morgan fingerprint density at radius 3 is 2.59 bits per heavy atom. The Labute approximate surface area is 101 Å². The fourth-order valence-corrected chi connectivity index (χ4v) is 1.42. The molecule has 0 atom stereocenters. The van der Waals surface area contributed by atoms with Gasteiger partial charge in [0.25, 0.3) is 0 Å².